The summed E-state index contributed by atoms with van der Waals surface area (Å²) < 4.78 is 5.21. The lowest BCUT2D eigenvalue weighted by atomic mass is 10.1. The van der Waals surface area contributed by atoms with E-state index < -0.39 is 0 Å². The molecule has 0 saturated carbocycles. The highest BCUT2D eigenvalue weighted by atomic mass is 79.9. The van der Waals surface area contributed by atoms with Gasteiger partial charge in [0, 0.05) is 70.0 Å². The average molecular weight is 458 g/mol. The fraction of sp³-hybridized carbons (Fsp3) is 0.100. The van der Waals surface area contributed by atoms with Crippen LogP contribution in [0.4, 0.5) is 0 Å². The van der Waals surface area contributed by atoms with E-state index in [-0.39, 0.29) is 0 Å². The molecule has 0 aliphatic carbocycles. The second kappa shape index (κ2) is 6.19. The second-order valence-corrected chi connectivity index (χ2v) is 8.64. The summed E-state index contributed by atoms with van der Waals surface area (Å²) in [4.78, 5) is 9.14. The van der Waals surface area contributed by atoms with Gasteiger partial charge in [-0.25, -0.2) is 9.97 Å². The Bertz CT molecular complexity index is 1310. The SMILES string of the molecule is Cn1cc(-c2nc(-c3cn(C)c4c(Cl)nccc34)cs2)c2cc(Br)ccc21. The molecule has 1 aromatic carbocycles. The molecule has 4 nitrogen and oxygen atoms in total. The highest BCUT2D eigenvalue weighted by Crippen LogP contribution is 2.38. The number of halogens is 2. The normalized spacial score (nSPS) is 11.7. The van der Waals surface area contributed by atoms with Crippen molar-refractivity contribution in [2.24, 2.45) is 14.1 Å². The molecule has 134 valence electrons. The third-order valence-electron chi connectivity index (χ3n) is 4.81. The van der Waals surface area contributed by atoms with Crippen LogP contribution in [-0.2, 0) is 14.1 Å². The van der Waals surface area contributed by atoms with Crippen LogP contribution in [0.2, 0.25) is 5.15 Å². The van der Waals surface area contributed by atoms with Crippen molar-refractivity contribution in [2.75, 3.05) is 0 Å². The third kappa shape index (κ3) is 2.63. The van der Waals surface area contributed by atoms with Crippen molar-refractivity contribution in [3.05, 3.63) is 57.9 Å². The molecule has 27 heavy (non-hydrogen) atoms. The summed E-state index contributed by atoms with van der Waals surface area (Å²) in [6, 6.07) is 8.32. The Labute approximate surface area is 173 Å². The van der Waals surface area contributed by atoms with Gasteiger partial charge in [-0.3, -0.25) is 0 Å². The van der Waals surface area contributed by atoms with Gasteiger partial charge >= 0.3 is 0 Å². The number of fused-ring (bicyclic) bond motifs is 2. The van der Waals surface area contributed by atoms with Crippen LogP contribution < -0.4 is 0 Å². The Hall–Kier alpha value is -2.15. The van der Waals surface area contributed by atoms with E-state index in [0.29, 0.717) is 5.15 Å². The summed E-state index contributed by atoms with van der Waals surface area (Å²) in [7, 11) is 4.04. The van der Waals surface area contributed by atoms with Crippen LogP contribution in [0.15, 0.2) is 52.7 Å². The number of rotatable bonds is 2. The Morgan fingerprint density at radius 1 is 1.04 bits per heavy atom. The molecule has 5 aromatic rings. The van der Waals surface area contributed by atoms with Crippen molar-refractivity contribution in [3.8, 4) is 21.8 Å². The monoisotopic (exact) mass is 456 g/mol. The minimum atomic E-state index is 0.510. The zero-order valence-electron chi connectivity index (χ0n) is 14.6. The fourth-order valence-corrected chi connectivity index (χ4v) is 5.07. The molecule has 7 heteroatoms. The van der Waals surface area contributed by atoms with E-state index in [9.17, 15) is 0 Å². The number of hydrogen-bond acceptors (Lipinski definition) is 3. The van der Waals surface area contributed by atoms with E-state index in [1.807, 2.05) is 17.7 Å². The van der Waals surface area contributed by atoms with Gasteiger partial charge < -0.3 is 9.13 Å². The van der Waals surface area contributed by atoms with Crippen LogP contribution >= 0.6 is 38.9 Å². The summed E-state index contributed by atoms with van der Waals surface area (Å²) in [6.45, 7) is 0. The molecular formula is C20H14BrClN4S. The maximum Gasteiger partial charge on any atom is 0.153 e. The van der Waals surface area contributed by atoms with Gasteiger partial charge in [-0.15, -0.1) is 11.3 Å². The van der Waals surface area contributed by atoms with Crippen molar-refractivity contribution in [1.82, 2.24) is 19.1 Å². The smallest absolute Gasteiger partial charge is 0.153 e. The molecule has 0 radical (unpaired) electrons. The molecule has 0 saturated heterocycles. The lowest BCUT2D eigenvalue weighted by Gasteiger charge is -1.97. The van der Waals surface area contributed by atoms with Crippen LogP contribution in [0.25, 0.3) is 43.6 Å². The fourth-order valence-electron chi connectivity index (χ4n) is 3.57. The molecule has 5 rings (SSSR count). The molecule has 0 atom stereocenters. The van der Waals surface area contributed by atoms with Crippen molar-refractivity contribution in [3.63, 3.8) is 0 Å². The highest BCUT2D eigenvalue weighted by Gasteiger charge is 2.17. The Balaban J connectivity index is 1.69. The van der Waals surface area contributed by atoms with Crippen molar-refractivity contribution in [1.29, 1.82) is 0 Å². The average Bonchev–Trinajstić information content (AvgIpc) is 3.32. The van der Waals surface area contributed by atoms with Crippen molar-refractivity contribution in [2.45, 2.75) is 0 Å². The zero-order chi connectivity index (χ0) is 18.7. The van der Waals surface area contributed by atoms with Gasteiger partial charge in [-0.05, 0) is 24.3 Å². The number of aryl methyl sites for hydroxylation is 2. The maximum absolute atomic E-state index is 6.29. The molecule has 0 fully saturated rings. The number of aromatic nitrogens is 4. The molecule has 4 aromatic heterocycles. The van der Waals surface area contributed by atoms with Gasteiger partial charge in [0.1, 0.15) is 5.01 Å². The molecule has 0 aliphatic rings. The van der Waals surface area contributed by atoms with E-state index in [1.165, 1.54) is 10.9 Å². The quantitative estimate of drug-likeness (QED) is 0.293. The molecule has 0 unspecified atom stereocenters. The largest absolute Gasteiger partial charge is 0.350 e. The molecule has 0 N–H and O–H groups in total. The first-order valence-electron chi connectivity index (χ1n) is 8.33. The van der Waals surface area contributed by atoms with Crippen LogP contribution in [0.1, 0.15) is 0 Å². The Morgan fingerprint density at radius 2 is 1.85 bits per heavy atom. The van der Waals surface area contributed by atoms with Crippen LogP contribution in [0.5, 0.6) is 0 Å². The lowest BCUT2D eigenvalue weighted by molar-refractivity contribution is 0.965. The van der Waals surface area contributed by atoms with Gasteiger partial charge in [-0.1, -0.05) is 27.5 Å². The number of hydrogen-bond donors (Lipinski definition) is 0. The van der Waals surface area contributed by atoms with E-state index in [2.05, 4.69) is 68.5 Å². The van der Waals surface area contributed by atoms with E-state index in [0.717, 1.165) is 37.2 Å². The first-order chi connectivity index (χ1) is 13.0. The van der Waals surface area contributed by atoms with Gasteiger partial charge in [0.25, 0.3) is 0 Å². The van der Waals surface area contributed by atoms with Gasteiger partial charge in [0.15, 0.2) is 5.15 Å². The number of thiazole rings is 1. The van der Waals surface area contributed by atoms with E-state index in [1.54, 1.807) is 17.5 Å². The molecule has 0 aliphatic heterocycles. The van der Waals surface area contributed by atoms with Gasteiger partial charge in [-0.2, -0.15) is 0 Å². The first-order valence-corrected chi connectivity index (χ1v) is 10.4. The molecule has 0 bridgehead atoms. The minimum absolute atomic E-state index is 0.510. The van der Waals surface area contributed by atoms with Crippen LogP contribution in [0.3, 0.4) is 0 Å². The molecule has 0 amide bonds. The standard InChI is InChI=1S/C20H14BrClN4S/c1-25-9-15(13-7-11(21)3-4-17(13)25)20-24-16(10-27-20)14-8-26(2)18-12(14)5-6-23-19(18)22/h3-10H,1-2H3. The summed E-state index contributed by atoms with van der Waals surface area (Å²) in [6.07, 6.45) is 5.95. The lowest BCUT2D eigenvalue weighted by Crippen LogP contribution is -1.85. The molecule has 0 spiro atoms. The summed E-state index contributed by atoms with van der Waals surface area (Å²) in [5.41, 5.74) is 5.28. The van der Waals surface area contributed by atoms with Crippen LogP contribution in [-0.4, -0.2) is 19.1 Å². The Morgan fingerprint density at radius 3 is 2.70 bits per heavy atom. The summed E-state index contributed by atoms with van der Waals surface area (Å²) in [5.74, 6) is 0. The highest BCUT2D eigenvalue weighted by molar-refractivity contribution is 9.10. The first kappa shape index (κ1) is 17.0. The molecule has 4 heterocycles. The number of pyridine rings is 1. The summed E-state index contributed by atoms with van der Waals surface area (Å²) in [5, 5.41) is 5.88. The van der Waals surface area contributed by atoms with Crippen LogP contribution in [0, 0.1) is 0 Å². The number of benzene rings is 1. The van der Waals surface area contributed by atoms with E-state index >= 15 is 0 Å². The summed E-state index contributed by atoms with van der Waals surface area (Å²) >= 11 is 11.5. The van der Waals surface area contributed by atoms with Crippen molar-refractivity contribution < 1.29 is 0 Å². The van der Waals surface area contributed by atoms with Gasteiger partial charge in [0.05, 0.1) is 11.2 Å². The zero-order valence-corrected chi connectivity index (χ0v) is 17.7. The molecular weight excluding hydrogens is 444 g/mol. The Kier molecular flexibility index (Phi) is 3.89. The topological polar surface area (TPSA) is 35.6 Å². The third-order valence-corrected chi connectivity index (χ3v) is 6.45. The van der Waals surface area contributed by atoms with E-state index in [4.69, 9.17) is 16.6 Å². The minimum Gasteiger partial charge on any atom is -0.350 e. The second-order valence-electron chi connectivity index (χ2n) is 6.50. The number of nitrogens with zero attached hydrogens (tertiary/aromatic N) is 4. The van der Waals surface area contributed by atoms with Crippen molar-refractivity contribution >= 4 is 60.7 Å². The predicted molar refractivity (Wildman–Crippen MR) is 116 cm³/mol. The maximum atomic E-state index is 6.29. The van der Waals surface area contributed by atoms with Gasteiger partial charge in [0.2, 0.25) is 0 Å². The predicted octanol–water partition coefficient (Wildman–Crippen LogP) is 6.27.